The van der Waals surface area contributed by atoms with Gasteiger partial charge in [-0.15, -0.1) is 0 Å². The Morgan fingerprint density at radius 1 is 0.289 bits per heavy atom. The molecule has 16 nitrogen and oxygen atoms in total. The fourth-order valence-electron chi connectivity index (χ4n) is 9.74. The Labute approximate surface area is 588 Å². The van der Waals surface area contributed by atoms with Gasteiger partial charge < -0.3 is 34.2 Å². The zero-order valence-corrected chi connectivity index (χ0v) is 62.2. The number of carbonyl (C=O) groups is 3. The van der Waals surface area contributed by atoms with Crippen molar-refractivity contribution in [3.8, 4) is 0 Å². The number of rotatable bonds is 70. The second-order valence-electron chi connectivity index (χ2n) is 24.7. The predicted molar refractivity (Wildman–Crippen MR) is 399 cm³/mol. The largest absolute Gasteiger partial charge is 0.472 e. The minimum Gasteiger partial charge on any atom is -0.463 e. The molecule has 0 fully saturated rings. The van der Waals surface area contributed by atoms with Gasteiger partial charge in [0.05, 0.1) is 26.4 Å². The average Bonchev–Trinajstić information content (AvgIpc) is 1.49. The number of carbonyl (C=O) groups excluding carboxylic acids is 3. The summed E-state index contributed by atoms with van der Waals surface area (Å²) in [5, 5.41) is 20.6. The van der Waals surface area contributed by atoms with Crippen molar-refractivity contribution in [3.63, 3.8) is 0 Å². The second kappa shape index (κ2) is 71.5. The van der Waals surface area contributed by atoms with Crippen LogP contribution in [-0.2, 0) is 55.8 Å². The topological polar surface area (TPSA) is 231 Å². The summed E-state index contributed by atoms with van der Waals surface area (Å²) >= 11 is 0. The molecule has 0 rings (SSSR count). The molecule has 0 aromatic heterocycles. The smallest absolute Gasteiger partial charge is 0.463 e. The van der Waals surface area contributed by atoms with Crippen molar-refractivity contribution < 1.29 is 75.8 Å². The molecule has 0 bridgehead atoms. The summed E-state index contributed by atoms with van der Waals surface area (Å²) in [6, 6.07) is 0. The highest BCUT2D eigenvalue weighted by atomic mass is 31.2. The highest BCUT2D eigenvalue weighted by Crippen LogP contribution is 2.45. The van der Waals surface area contributed by atoms with Gasteiger partial charge in [-0.25, -0.2) is 9.13 Å². The highest BCUT2D eigenvalue weighted by molar-refractivity contribution is 7.47. The van der Waals surface area contributed by atoms with Gasteiger partial charge in [0.25, 0.3) is 0 Å². The second-order valence-corrected chi connectivity index (χ2v) is 27.6. The van der Waals surface area contributed by atoms with E-state index in [2.05, 4.69) is 154 Å². The Balaban J connectivity index is 4.57. The first-order valence-electron chi connectivity index (χ1n) is 37.5. The van der Waals surface area contributed by atoms with Crippen LogP contribution in [0.1, 0.15) is 290 Å². The van der Waals surface area contributed by atoms with E-state index in [0.717, 1.165) is 186 Å². The first-order valence-corrected chi connectivity index (χ1v) is 40.5. The number of aliphatic hydroxyl groups is 2. The summed E-state index contributed by atoms with van der Waals surface area (Å²) in [5.41, 5.74) is 0. The zero-order chi connectivity index (χ0) is 70.9. The van der Waals surface area contributed by atoms with E-state index in [0.29, 0.717) is 19.3 Å². The van der Waals surface area contributed by atoms with Crippen molar-refractivity contribution in [2.24, 2.45) is 0 Å². The van der Waals surface area contributed by atoms with Crippen molar-refractivity contribution in [1.29, 1.82) is 0 Å². The molecule has 556 valence electrons. The fourth-order valence-corrected chi connectivity index (χ4v) is 11.3. The molecule has 97 heavy (non-hydrogen) atoms. The number of phosphoric ester groups is 2. The van der Waals surface area contributed by atoms with Gasteiger partial charge in [0.15, 0.2) is 6.10 Å². The quantitative estimate of drug-likeness (QED) is 0.0146. The molecule has 0 radical (unpaired) electrons. The van der Waals surface area contributed by atoms with Gasteiger partial charge in [-0.05, 0) is 128 Å². The number of unbranched alkanes of at least 4 members (excludes halogenated alkanes) is 25. The van der Waals surface area contributed by atoms with Crippen molar-refractivity contribution in [1.82, 2.24) is 0 Å². The highest BCUT2D eigenvalue weighted by Gasteiger charge is 2.29. The molecule has 0 aromatic carbocycles. The molecule has 0 aliphatic rings. The van der Waals surface area contributed by atoms with Crippen molar-refractivity contribution in [2.75, 3.05) is 39.6 Å². The Morgan fingerprint density at radius 3 is 0.814 bits per heavy atom. The van der Waals surface area contributed by atoms with Gasteiger partial charge in [-0.3, -0.25) is 32.5 Å². The number of aliphatic hydroxyl groups excluding tert-OH is 2. The summed E-state index contributed by atoms with van der Waals surface area (Å²) in [6.45, 7) is 2.32. The minimum absolute atomic E-state index is 0.0883. The van der Waals surface area contributed by atoms with Crippen LogP contribution in [0.2, 0.25) is 0 Å². The lowest BCUT2D eigenvalue weighted by atomic mass is 10.0. The molecule has 18 heteroatoms. The average molecular weight is 1400 g/mol. The van der Waals surface area contributed by atoms with Crippen LogP contribution in [0, 0.1) is 0 Å². The van der Waals surface area contributed by atoms with Crippen LogP contribution >= 0.6 is 15.6 Å². The van der Waals surface area contributed by atoms with E-state index < -0.39 is 91.5 Å². The molecule has 0 saturated carbocycles. The Bertz CT molecular complexity index is 2300. The molecule has 0 saturated heterocycles. The molecule has 0 aromatic rings. The number of phosphoric acid groups is 2. The maximum absolute atomic E-state index is 13.0. The van der Waals surface area contributed by atoms with Crippen molar-refractivity contribution in [3.05, 3.63) is 134 Å². The van der Waals surface area contributed by atoms with Crippen LogP contribution < -0.4 is 0 Å². The molecular formula is C79H134O16P2. The van der Waals surface area contributed by atoms with Crippen LogP contribution in [0.4, 0.5) is 0 Å². The molecule has 0 spiro atoms. The van der Waals surface area contributed by atoms with Crippen molar-refractivity contribution >= 4 is 33.6 Å². The number of hydrogen-bond donors (Lipinski definition) is 4. The van der Waals surface area contributed by atoms with Gasteiger partial charge in [-0.1, -0.05) is 276 Å². The molecule has 5 atom stereocenters. The lowest BCUT2D eigenvalue weighted by molar-refractivity contribution is -0.161. The van der Waals surface area contributed by atoms with E-state index in [4.69, 9.17) is 32.3 Å². The molecule has 0 aliphatic heterocycles. The Kier molecular flexibility index (Phi) is 68.3. The number of hydrogen-bond acceptors (Lipinski definition) is 14. The first-order chi connectivity index (χ1) is 47.2. The van der Waals surface area contributed by atoms with E-state index in [1.165, 1.54) is 44.9 Å². The number of allylic oxidation sites excluding steroid dienone is 22. The maximum atomic E-state index is 13.0. The lowest BCUT2D eigenvalue weighted by Gasteiger charge is -2.21. The zero-order valence-electron chi connectivity index (χ0n) is 60.5. The third kappa shape index (κ3) is 72.8. The number of esters is 3. The molecule has 0 amide bonds. The van der Waals surface area contributed by atoms with Crippen LogP contribution in [0.25, 0.3) is 0 Å². The first kappa shape index (κ1) is 92.7. The van der Waals surface area contributed by atoms with E-state index in [1.54, 1.807) is 0 Å². The van der Waals surface area contributed by atoms with Crippen LogP contribution in [0.15, 0.2) is 134 Å². The van der Waals surface area contributed by atoms with Crippen LogP contribution in [0.5, 0.6) is 0 Å². The summed E-state index contributed by atoms with van der Waals surface area (Å²) in [6.07, 6.45) is 84.9. The Hall–Kier alpha value is -4.31. The molecule has 0 aliphatic carbocycles. The monoisotopic (exact) mass is 1400 g/mol. The lowest BCUT2D eigenvalue weighted by Crippen LogP contribution is -2.30. The molecule has 5 unspecified atom stereocenters. The summed E-state index contributed by atoms with van der Waals surface area (Å²) in [7, 11) is -9.79. The third-order valence-corrected chi connectivity index (χ3v) is 17.3. The Morgan fingerprint density at radius 2 is 0.515 bits per heavy atom. The summed E-state index contributed by atoms with van der Waals surface area (Å²) in [5.74, 6) is -1.60. The van der Waals surface area contributed by atoms with Gasteiger partial charge in [-0.2, -0.15) is 0 Å². The maximum Gasteiger partial charge on any atom is 0.472 e. The van der Waals surface area contributed by atoms with Gasteiger partial charge in [0.2, 0.25) is 0 Å². The predicted octanol–water partition coefficient (Wildman–Crippen LogP) is 21.5. The normalized spacial score (nSPS) is 14.8. The fraction of sp³-hybridized carbons (Fsp3) is 0.684. The van der Waals surface area contributed by atoms with E-state index in [1.807, 2.05) is 0 Å². The van der Waals surface area contributed by atoms with Crippen LogP contribution in [0.3, 0.4) is 0 Å². The van der Waals surface area contributed by atoms with E-state index >= 15 is 0 Å². The number of ether oxygens (including phenoxy) is 3. The van der Waals surface area contributed by atoms with E-state index in [-0.39, 0.29) is 19.3 Å². The minimum atomic E-state index is -4.94. The SMILES string of the molecule is CC/C=C\C/C=C\C/C=C\C/C=C\C/C=C\CCCCCCCCCCCCCC(=O)OCC(O)COP(=O)(O)OCC(O)COP(=O)(O)OCC(COC(=O)CCCCCCCCC/C=C\C/C=C\C/C=C\CC)OC(=O)CCCCCCCCC/C=C\C/C=C\C/C=C\CC. The van der Waals surface area contributed by atoms with Gasteiger partial charge in [0, 0.05) is 19.3 Å². The van der Waals surface area contributed by atoms with Gasteiger partial charge in [0.1, 0.15) is 25.4 Å². The third-order valence-electron chi connectivity index (χ3n) is 15.4. The van der Waals surface area contributed by atoms with Crippen LogP contribution in [-0.4, -0.2) is 95.9 Å². The van der Waals surface area contributed by atoms with Gasteiger partial charge >= 0.3 is 33.6 Å². The molecular weight excluding hydrogens is 1270 g/mol. The van der Waals surface area contributed by atoms with E-state index in [9.17, 15) is 43.5 Å². The molecule has 4 N–H and O–H groups in total. The summed E-state index contributed by atoms with van der Waals surface area (Å²) < 4.78 is 61.1. The molecule has 0 heterocycles. The van der Waals surface area contributed by atoms with Crippen molar-refractivity contribution in [2.45, 2.75) is 309 Å². The summed E-state index contributed by atoms with van der Waals surface area (Å²) in [4.78, 5) is 58.6. The standard InChI is InChI=1S/C79H134O16P2/c1-4-7-10-13-16-19-22-25-28-31-32-33-34-35-36-37-38-39-40-43-45-47-50-53-56-59-62-65-77(82)89-68-74(80)69-91-96(85,86)92-70-75(81)71-93-97(87,88)94-73-76(95-79(84)67-64-61-58-55-52-49-46-42-30-27-24-21-18-15-12-9-6-3)72-90-78(83)66-63-60-57-54-51-48-44-41-29-26-23-20-17-14-11-8-5-2/h7-12,16-21,25-30,32-33,35-36,74-76,80-81H,4-6,13-15,22-24,31,34,37-73H2,1-3H3,(H,85,86)(H,87,88)/b10-7-,11-8-,12-9-,19-16-,20-17-,21-18-,28-25-,29-26-,30-27-,33-32-,36-35-.